The summed E-state index contributed by atoms with van der Waals surface area (Å²) < 4.78 is 5.29. The summed E-state index contributed by atoms with van der Waals surface area (Å²) in [4.78, 5) is 52.8. The van der Waals surface area contributed by atoms with Crippen LogP contribution in [-0.4, -0.2) is 75.1 Å². The number of methoxy groups -OCH3 is 1. The van der Waals surface area contributed by atoms with Crippen LogP contribution in [0.1, 0.15) is 27.6 Å². The van der Waals surface area contributed by atoms with E-state index in [0.29, 0.717) is 28.8 Å². The molecule has 0 aromatic carbocycles. The first kappa shape index (κ1) is 20.8. The van der Waals surface area contributed by atoms with Gasteiger partial charge in [0.05, 0.1) is 35.3 Å². The molecule has 9 nitrogen and oxygen atoms in total. The van der Waals surface area contributed by atoms with E-state index in [2.05, 4.69) is 15.0 Å². The van der Waals surface area contributed by atoms with Crippen LogP contribution in [0.3, 0.4) is 0 Å². The van der Waals surface area contributed by atoms with Gasteiger partial charge in [-0.2, -0.15) is 0 Å². The highest BCUT2D eigenvalue weighted by Crippen LogP contribution is 2.32. The molecule has 4 heterocycles. The largest absolute Gasteiger partial charge is 0.494 e. The number of Topliss-reactive ketones (excluding diaryl/α,β-unsaturated/α-hetero) is 1. The highest BCUT2D eigenvalue weighted by Gasteiger charge is 2.34. The van der Waals surface area contributed by atoms with Crippen LogP contribution >= 0.6 is 11.6 Å². The van der Waals surface area contributed by atoms with Gasteiger partial charge in [0.2, 0.25) is 0 Å². The van der Waals surface area contributed by atoms with Crippen molar-refractivity contribution in [1.29, 1.82) is 0 Å². The van der Waals surface area contributed by atoms with E-state index >= 15 is 0 Å². The van der Waals surface area contributed by atoms with Crippen LogP contribution in [-0.2, 0) is 4.79 Å². The van der Waals surface area contributed by atoms with Gasteiger partial charge in [-0.05, 0) is 19.1 Å². The molecule has 10 heteroatoms. The molecule has 31 heavy (non-hydrogen) atoms. The molecule has 3 aromatic heterocycles. The lowest BCUT2D eigenvalue weighted by molar-refractivity contribution is -0.128. The minimum atomic E-state index is -0.675. The van der Waals surface area contributed by atoms with Crippen molar-refractivity contribution in [2.45, 2.75) is 13.0 Å². The summed E-state index contributed by atoms with van der Waals surface area (Å²) in [5.74, 6) is -1.12. The Kier molecular flexibility index (Phi) is 5.60. The van der Waals surface area contributed by atoms with Crippen LogP contribution in [0.2, 0.25) is 5.15 Å². The number of H-pyrrole nitrogens is 1. The standard InChI is InChI=1S/C21H20ClN5O4/c1-12-11-26(6-7-27(12)20(29)13-4-3-5-23-8-13)21(30)18(28)14-9-24-17-16(14)15(31-2)10-25-19(17)22/h3-5,8-10,12,24H,6-7,11H2,1-2H3. The molecule has 1 fully saturated rings. The highest BCUT2D eigenvalue weighted by atomic mass is 35.5. The van der Waals surface area contributed by atoms with Crippen molar-refractivity contribution in [3.05, 3.63) is 53.2 Å². The number of carbonyl (C=O) groups is 3. The van der Waals surface area contributed by atoms with Crippen LogP contribution in [0.5, 0.6) is 5.75 Å². The maximum atomic E-state index is 13.0. The second kappa shape index (κ2) is 8.35. The molecule has 160 valence electrons. The summed E-state index contributed by atoms with van der Waals surface area (Å²) in [6.07, 6.45) is 5.96. The molecule has 0 bridgehead atoms. The Labute approximate surface area is 183 Å². The molecule has 1 saturated heterocycles. The van der Waals surface area contributed by atoms with Gasteiger partial charge < -0.3 is 19.5 Å². The van der Waals surface area contributed by atoms with Crippen molar-refractivity contribution in [2.75, 3.05) is 26.7 Å². The number of pyridine rings is 2. The quantitative estimate of drug-likeness (QED) is 0.377. The summed E-state index contributed by atoms with van der Waals surface area (Å²) in [7, 11) is 1.45. The van der Waals surface area contributed by atoms with Crippen molar-refractivity contribution in [3.8, 4) is 5.75 Å². The van der Waals surface area contributed by atoms with Crippen LogP contribution in [0.15, 0.2) is 36.9 Å². The molecule has 1 aliphatic heterocycles. The fraction of sp³-hybridized carbons (Fsp3) is 0.286. The smallest absolute Gasteiger partial charge is 0.295 e. The van der Waals surface area contributed by atoms with Crippen LogP contribution < -0.4 is 4.74 Å². The molecule has 0 aliphatic carbocycles. The number of nitrogens with zero attached hydrogens (tertiary/aromatic N) is 4. The zero-order chi connectivity index (χ0) is 22.1. The number of aromatic nitrogens is 3. The van der Waals surface area contributed by atoms with Crippen molar-refractivity contribution >= 4 is 40.1 Å². The number of rotatable bonds is 4. The second-order valence-corrected chi connectivity index (χ2v) is 7.60. The van der Waals surface area contributed by atoms with E-state index in [-0.39, 0.29) is 35.8 Å². The zero-order valence-corrected chi connectivity index (χ0v) is 17.7. The lowest BCUT2D eigenvalue weighted by Crippen LogP contribution is -2.56. The molecule has 0 spiro atoms. The average Bonchev–Trinajstić information content (AvgIpc) is 3.24. The predicted octanol–water partition coefficient (Wildman–Crippen LogP) is 2.18. The molecule has 1 atom stereocenters. The molecule has 0 radical (unpaired) electrons. The summed E-state index contributed by atoms with van der Waals surface area (Å²) in [5, 5.41) is 0.595. The minimum Gasteiger partial charge on any atom is -0.494 e. The number of carbonyl (C=O) groups excluding carboxylic acids is 3. The third-order valence-corrected chi connectivity index (χ3v) is 5.66. The van der Waals surface area contributed by atoms with Crippen molar-refractivity contribution in [1.82, 2.24) is 24.8 Å². The number of halogens is 1. The van der Waals surface area contributed by atoms with Crippen molar-refractivity contribution < 1.29 is 19.1 Å². The van der Waals surface area contributed by atoms with Crippen LogP contribution in [0.25, 0.3) is 10.9 Å². The van der Waals surface area contributed by atoms with Gasteiger partial charge >= 0.3 is 0 Å². The van der Waals surface area contributed by atoms with Gasteiger partial charge in [-0.25, -0.2) is 4.98 Å². The summed E-state index contributed by atoms with van der Waals surface area (Å²) >= 11 is 6.10. The SMILES string of the molecule is COc1cnc(Cl)c2[nH]cc(C(=O)C(=O)N3CCN(C(=O)c4cccnc4)C(C)C3)c12. The Hall–Kier alpha value is -3.46. The van der Waals surface area contributed by atoms with Crippen molar-refractivity contribution in [3.63, 3.8) is 0 Å². The number of amides is 2. The zero-order valence-electron chi connectivity index (χ0n) is 17.0. The van der Waals surface area contributed by atoms with Gasteiger partial charge in [-0.1, -0.05) is 11.6 Å². The number of piperazine rings is 1. The van der Waals surface area contributed by atoms with Gasteiger partial charge in [-0.15, -0.1) is 0 Å². The Bertz CT molecular complexity index is 1160. The maximum absolute atomic E-state index is 13.0. The molecule has 2 amide bonds. The number of ether oxygens (including phenoxy) is 1. The summed E-state index contributed by atoms with van der Waals surface area (Å²) in [5.41, 5.74) is 1.08. The number of fused-ring (bicyclic) bond motifs is 1. The van der Waals surface area contributed by atoms with Gasteiger partial charge in [0, 0.05) is 44.3 Å². The van der Waals surface area contributed by atoms with E-state index in [0.717, 1.165) is 0 Å². The van der Waals surface area contributed by atoms with Gasteiger partial charge in [-0.3, -0.25) is 19.4 Å². The van der Waals surface area contributed by atoms with E-state index in [1.165, 1.54) is 30.6 Å². The normalized spacial score (nSPS) is 16.4. The molecular formula is C21H20ClN5O4. The molecule has 1 N–H and O–H groups in total. The molecule has 3 aromatic rings. The Morgan fingerprint density at radius 1 is 1.26 bits per heavy atom. The van der Waals surface area contributed by atoms with E-state index in [1.807, 2.05) is 6.92 Å². The third kappa shape index (κ3) is 3.72. The number of nitrogens with one attached hydrogen (secondary N) is 1. The predicted molar refractivity (Wildman–Crippen MR) is 113 cm³/mol. The molecule has 1 aliphatic rings. The summed E-state index contributed by atoms with van der Waals surface area (Å²) in [6.45, 7) is 2.67. The maximum Gasteiger partial charge on any atom is 0.295 e. The molecule has 0 saturated carbocycles. The van der Waals surface area contributed by atoms with E-state index in [9.17, 15) is 14.4 Å². The van der Waals surface area contributed by atoms with Crippen molar-refractivity contribution in [2.24, 2.45) is 0 Å². The number of aromatic amines is 1. The van der Waals surface area contributed by atoms with Crippen LogP contribution in [0, 0.1) is 0 Å². The fourth-order valence-corrected chi connectivity index (χ4v) is 3.98. The number of ketones is 1. The first-order valence-corrected chi connectivity index (χ1v) is 10.0. The highest BCUT2D eigenvalue weighted by molar-refractivity contribution is 6.45. The first-order valence-electron chi connectivity index (χ1n) is 9.66. The lowest BCUT2D eigenvalue weighted by Gasteiger charge is -2.39. The third-order valence-electron chi connectivity index (χ3n) is 5.37. The van der Waals surface area contributed by atoms with Gasteiger partial charge in [0.25, 0.3) is 17.6 Å². The van der Waals surface area contributed by atoms with Gasteiger partial charge in [0.15, 0.2) is 5.15 Å². The van der Waals surface area contributed by atoms with E-state index in [4.69, 9.17) is 16.3 Å². The molecule has 4 rings (SSSR count). The van der Waals surface area contributed by atoms with Gasteiger partial charge in [0.1, 0.15) is 5.75 Å². The minimum absolute atomic E-state index is 0.150. The fourth-order valence-electron chi connectivity index (χ4n) is 3.78. The Balaban J connectivity index is 1.52. The van der Waals surface area contributed by atoms with E-state index in [1.54, 1.807) is 23.2 Å². The summed E-state index contributed by atoms with van der Waals surface area (Å²) in [6, 6.07) is 3.15. The number of hydrogen-bond acceptors (Lipinski definition) is 6. The monoisotopic (exact) mass is 441 g/mol. The van der Waals surface area contributed by atoms with E-state index < -0.39 is 11.7 Å². The Morgan fingerprint density at radius 3 is 2.74 bits per heavy atom. The number of hydrogen-bond donors (Lipinski definition) is 1. The van der Waals surface area contributed by atoms with Crippen LogP contribution in [0.4, 0.5) is 0 Å². The average molecular weight is 442 g/mol. The Morgan fingerprint density at radius 2 is 2.06 bits per heavy atom. The molecular weight excluding hydrogens is 422 g/mol. The first-order chi connectivity index (χ1) is 14.9. The molecule has 1 unspecified atom stereocenters. The topological polar surface area (TPSA) is 108 Å². The lowest BCUT2D eigenvalue weighted by atomic mass is 10.1. The second-order valence-electron chi connectivity index (χ2n) is 7.24.